The van der Waals surface area contributed by atoms with Gasteiger partial charge in [-0.2, -0.15) is 5.10 Å². The summed E-state index contributed by atoms with van der Waals surface area (Å²) >= 11 is 0. The fourth-order valence-corrected chi connectivity index (χ4v) is 3.43. The van der Waals surface area contributed by atoms with Crippen LogP contribution < -0.4 is 10.6 Å². The van der Waals surface area contributed by atoms with Crippen LogP contribution in [-0.4, -0.2) is 39.7 Å². The largest absolute Gasteiger partial charge is 0.355 e. The van der Waals surface area contributed by atoms with E-state index in [-0.39, 0.29) is 18.3 Å². The number of hydrogen-bond donors (Lipinski definition) is 2. The summed E-state index contributed by atoms with van der Waals surface area (Å²) < 4.78 is 15.3. The van der Waals surface area contributed by atoms with E-state index in [4.69, 9.17) is 4.98 Å². The van der Waals surface area contributed by atoms with Gasteiger partial charge in [-0.15, -0.1) is 0 Å². The third-order valence-corrected chi connectivity index (χ3v) is 4.93. The summed E-state index contributed by atoms with van der Waals surface area (Å²) in [5.74, 6) is -0.996. The number of pyridine rings is 1. The van der Waals surface area contributed by atoms with Crippen molar-refractivity contribution in [3.63, 3.8) is 0 Å². The van der Waals surface area contributed by atoms with Crippen molar-refractivity contribution in [1.29, 1.82) is 0 Å². The predicted octanol–water partition coefficient (Wildman–Crippen LogP) is 3.15. The molecule has 0 unspecified atom stereocenters. The molecule has 0 bridgehead atoms. The smallest absolute Gasteiger partial charge is 0.252 e. The monoisotopic (exact) mass is 431 g/mol. The van der Waals surface area contributed by atoms with E-state index in [2.05, 4.69) is 15.7 Å². The van der Waals surface area contributed by atoms with Gasteiger partial charge in [0.1, 0.15) is 5.82 Å². The molecule has 32 heavy (non-hydrogen) atoms. The van der Waals surface area contributed by atoms with Gasteiger partial charge < -0.3 is 10.6 Å². The van der Waals surface area contributed by atoms with Crippen molar-refractivity contribution in [3.8, 4) is 11.3 Å². The van der Waals surface area contributed by atoms with Gasteiger partial charge in [0.05, 0.1) is 35.9 Å². The number of amides is 2. The molecule has 2 aromatic carbocycles. The van der Waals surface area contributed by atoms with Gasteiger partial charge in [0.2, 0.25) is 5.91 Å². The minimum Gasteiger partial charge on any atom is -0.355 e. The lowest BCUT2D eigenvalue weighted by Gasteiger charge is -2.10. The highest BCUT2D eigenvalue weighted by Crippen LogP contribution is 2.25. The molecule has 4 aromatic rings. The minimum absolute atomic E-state index is 0.130. The molecule has 0 spiro atoms. The number of aromatic nitrogens is 3. The Labute approximate surface area is 184 Å². The highest BCUT2D eigenvalue weighted by atomic mass is 19.1. The first-order valence-electron chi connectivity index (χ1n) is 10.3. The molecule has 7 nitrogen and oxygen atoms in total. The van der Waals surface area contributed by atoms with Crippen LogP contribution in [-0.2, 0) is 11.3 Å². The van der Waals surface area contributed by atoms with Crippen molar-refractivity contribution >= 4 is 22.8 Å². The van der Waals surface area contributed by atoms with E-state index in [1.54, 1.807) is 29.1 Å². The quantitative estimate of drug-likeness (QED) is 0.471. The van der Waals surface area contributed by atoms with Crippen molar-refractivity contribution in [2.45, 2.75) is 13.5 Å². The van der Waals surface area contributed by atoms with Gasteiger partial charge in [0, 0.05) is 12.1 Å². The molecule has 2 heterocycles. The van der Waals surface area contributed by atoms with Crippen LogP contribution in [0.1, 0.15) is 22.8 Å². The lowest BCUT2D eigenvalue weighted by atomic mass is 10.1. The molecule has 0 saturated heterocycles. The number of nitrogens with one attached hydrogen (secondary N) is 2. The van der Waals surface area contributed by atoms with Crippen LogP contribution in [0.25, 0.3) is 22.3 Å². The average Bonchev–Trinajstić information content (AvgIpc) is 3.20. The van der Waals surface area contributed by atoms with Crippen molar-refractivity contribution in [2.24, 2.45) is 0 Å². The highest BCUT2D eigenvalue weighted by molar-refractivity contribution is 6.07. The van der Waals surface area contributed by atoms with Gasteiger partial charge in [0.25, 0.3) is 5.91 Å². The molecule has 0 aliphatic heterocycles. The van der Waals surface area contributed by atoms with Crippen LogP contribution >= 0.6 is 0 Å². The number of carbonyl (C=O) groups excluding carboxylic acids is 2. The van der Waals surface area contributed by atoms with Crippen molar-refractivity contribution in [3.05, 3.63) is 83.8 Å². The minimum atomic E-state index is -0.397. The van der Waals surface area contributed by atoms with E-state index in [9.17, 15) is 14.0 Å². The fraction of sp³-hybridized carbons (Fsp3) is 0.167. The zero-order valence-corrected chi connectivity index (χ0v) is 17.5. The third kappa shape index (κ3) is 4.64. The topological polar surface area (TPSA) is 88.9 Å². The maximum Gasteiger partial charge on any atom is 0.252 e. The molecule has 0 fully saturated rings. The van der Waals surface area contributed by atoms with Crippen LogP contribution in [0.5, 0.6) is 0 Å². The zero-order valence-electron chi connectivity index (χ0n) is 17.5. The average molecular weight is 431 g/mol. The third-order valence-electron chi connectivity index (χ3n) is 4.93. The molecule has 162 valence electrons. The Hall–Kier alpha value is -4.07. The first-order chi connectivity index (χ1) is 15.5. The maximum absolute atomic E-state index is 13.6. The number of fused-ring (bicyclic) bond motifs is 1. The van der Waals surface area contributed by atoms with E-state index in [1.165, 1.54) is 12.1 Å². The number of carbonyl (C=O) groups is 2. The number of halogens is 1. The van der Waals surface area contributed by atoms with Crippen LogP contribution in [0.15, 0.2) is 66.9 Å². The van der Waals surface area contributed by atoms with Crippen molar-refractivity contribution in [2.75, 3.05) is 13.1 Å². The second-order valence-electron chi connectivity index (χ2n) is 7.23. The van der Waals surface area contributed by atoms with Crippen LogP contribution in [0.2, 0.25) is 0 Å². The summed E-state index contributed by atoms with van der Waals surface area (Å²) in [7, 11) is 0. The van der Waals surface area contributed by atoms with Gasteiger partial charge in [-0.3, -0.25) is 9.59 Å². The summed E-state index contributed by atoms with van der Waals surface area (Å²) in [6, 6.07) is 17.4. The second-order valence-corrected chi connectivity index (χ2v) is 7.23. The number of rotatable bonds is 7. The molecule has 4 rings (SSSR count). The Kier molecular flexibility index (Phi) is 6.21. The summed E-state index contributed by atoms with van der Waals surface area (Å²) in [6.45, 7) is 2.46. The summed E-state index contributed by atoms with van der Waals surface area (Å²) in [6.07, 6.45) is 1.57. The summed E-state index contributed by atoms with van der Waals surface area (Å²) in [5, 5.41) is 10.3. The highest BCUT2D eigenvalue weighted by Gasteiger charge is 2.18. The number of benzene rings is 2. The van der Waals surface area contributed by atoms with Gasteiger partial charge in [-0.05, 0) is 30.7 Å². The summed E-state index contributed by atoms with van der Waals surface area (Å²) in [5.41, 5.74) is 3.03. The first kappa shape index (κ1) is 21.2. The SMILES string of the molecule is CCNC(=O)CNC(=O)c1cc(-c2ccccc2)nc2c1cnn2Cc1cccc(F)c1. The van der Waals surface area contributed by atoms with E-state index in [0.29, 0.717) is 35.4 Å². The van der Waals surface area contributed by atoms with Gasteiger partial charge >= 0.3 is 0 Å². The lowest BCUT2D eigenvalue weighted by Crippen LogP contribution is -2.36. The molecule has 0 aliphatic carbocycles. The fourth-order valence-electron chi connectivity index (χ4n) is 3.43. The Morgan fingerprint density at radius 3 is 2.59 bits per heavy atom. The molecular formula is C24H22FN5O2. The first-order valence-corrected chi connectivity index (χ1v) is 10.3. The number of likely N-dealkylation sites (N-methyl/N-ethyl adjacent to an activating group) is 1. The summed E-state index contributed by atoms with van der Waals surface area (Å²) in [4.78, 5) is 29.5. The molecular weight excluding hydrogens is 409 g/mol. The van der Waals surface area contributed by atoms with Crippen molar-refractivity contribution < 1.29 is 14.0 Å². The Morgan fingerprint density at radius 1 is 1.03 bits per heavy atom. The van der Waals surface area contributed by atoms with Gasteiger partial charge in [-0.1, -0.05) is 42.5 Å². The Morgan fingerprint density at radius 2 is 1.84 bits per heavy atom. The van der Waals surface area contributed by atoms with Crippen molar-refractivity contribution in [1.82, 2.24) is 25.4 Å². The molecule has 0 radical (unpaired) electrons. The van der Waals surface area contributed by atoms with Gasteiger partial charge in [-0.25, -0.2) is 14.1 Å². The molecule has 0 aliphatic rings. The predicted molar refractivity (Wildman–Crippen MR) is 119 cm³/mol. The standard InChI is InChI=1S/C24H22FN5O2/c1-2-26-22(31)14-27-24(32)19-12-21(17-8-4-3-5-9-17)29-23-20(19)13-28-30(23)15-16-7-6-10-18(25)11-16/h3-13H,2,14-15H2,1H3,(H,26,31)(H,27,32). The Bertz CT molecular complexity index is 1270. The second kappa shape index (κ2) is 9.38. The van der Waals surface area contributed by atoms with E-state index < -0.39 is 5.91 Å². The van der Waals surface area contributed by atoms with Crippen LogP contribution in [0.4, 0.5) is 4.39 Å². The zero-order chi connectivity index (χ0) is 22.5. The van der Waals surface area contributed by atoms with Gasteiger partial charge in [0.15, 0.2) is 5.65 Å². The molecule has 0 saturated carbocycles. The maximum atomic E-state index is 13.6. The molecule has 2 N–H and O–H groups in total. The number of nitrogens with zero attached hydrogens (tertiary/aromatic N) is 3. The number of hydrogen-bond acceptors (Lipinski definition) is 4. The van der Waals surface area contributed by atoms with E-state index >= 15 is 0 Å². The Balaban J connectivity index is 1.75. The lowest BCUT2D eigenvalue weighted by molar-refractivity contribution is -0.120. The van der Waals surface area contributed by atoms with E-state index in [0.717, 1.165) is 11.1 Å². The molecule has 2 amide bonds. The molecule has 8 heteroatoms. The molecule has 2 aromatic heterocycles. The normalized spacial score (nSPS) is 10.8. The van der Waals surface area contributed by atoms with Crippen LogP contribution in [0.3, 0.4) is 0 Å². The molecule has 0 atom stereocenters. The van der Waals surface area contributed by atoms with E-state index in [1.807, 2.05) is 37.3 Å². The van der Waals surface area contributed by atoms with Crippen LogP contribution in [0, 0.1) is 5.82 Å².